The highest BCUT2D eigenvalue weighted by atomic mass is 19.4. The molecule has 0 unspecified atom stereocenters. The van der Waals surface area contributed by atoms with E-state index < -0.39 is 31.4 Å². The summed E-state index contributed by atoms with van der Waals surface area (Å²) in [4.78, 5) is 0. The SMILES string of the molecule is [O]CCOC(F)(F)C(F)(F)C(F)(F)F. The number of halogens is 7. The molecule has 0 saturated heterocycles. The number of rotatable bonds is 4. The second kappa shape index (κ2) is 3.89. The largest absolute Gasteiger partial charge is 0.462 e. The molecule has 14 heavy (non-hydrogen) atoms. The van der Waals surface area contributed by atoms with Gasteiger partial charge in [0.25, 0.3) is 0 Å². The molecule has 0 atom stereocenters. The molecule has 0 aliphatic heterocycles. The normalized spacial score (nSPS) is 14.6. The van der Waals surface area contributed by atoms with Crippen LogP contribution in [-0.4, -0.2) is 31.4 Å². The van der Waals surface area contributed by atoms with Crippen LogP contribution in [0.3, 0.4) is 0 Å². The molecule has 0 fully saturated rings. The number of hydrogen-bond donors (Lipinski definition) is 0. The Bertz CT molecular complexity index is 187. The van der Waals surface area contributed by atoms with Crippen molar-refractivity contribution in [2.75, 3.05) is 13.2 Å². The van der Waals surface area contributed by atoms with E-state index in [-0.39, 0.29) is 0 Å². The first kappa shape index (κ1) is 13.4. The molecular formula is C5H4F7O2. The number of alkyl halides is 7. The van der Waals surface area contributed by atoms with E-state index in [1.54, 1.807) is 0 Å². The predicted octanol–water partition coefficient (Wildman–Crippen LogP) is 2.22. The van der Waals surface area contributed by atoms with Gasteiger partial charge in [-0.25, -0.2) is 5.11 Å². The molecule has 9 heteroatoms. The highest BCUT2D eigenvalue weighted by molar-refractivity contribution is 4.84. The monoisotopic (exact) mass is 229 g/mol. The smallest absolute Gasteiger partial charge is 0.313 e. The average Bonchev–Trinajstić information content (AvgIpc) is 1.98. The molecule has 1 radical (unpaired) electrons. The Kier molecular flexibility index (Phi) is 3.73. The first-order valence-corrected chi connectivity index (χ1v) is 3.10. The zero-order chi connectivity index (χ0) is 11.6. The van der Waals surface area contributed by atoms with E-state index in [2.05, 4.69) is 4.74 Å². The van der Waals surface area contributed by atoms with Gasteiger partial charge < -0.3 is 4.74 Å². The number of ether oxygens (including phenoxy) is 1. The molecule has 0 amide bonds. The Morgan fingerprint density at radius 2 is 1.36 bits per heavy atom. The highest BCUT2D eigenvalue weighted by Crippen LogP contribution is 2.46. The van der Waals surface area contributed by atoms with E-state index >= 15 is 0 Å². The van der Waals surface area contributed by atoms with Crippen LogP contribution in [-0.2, 0) is 9.84 Å². The van der Waals surface area contributed by atoms with Crippen molar-refractivity contribution in [1.82, 2.24) is 0 Å². The lowest BCUT2D eigenvalue weighted by atomic mass is 10.3. The number of hydrogen-bond acceptors (Lipinski definition) is 1. The molecule has 0 bridgehead atoms. The fourth-order valence-corrected chi connectivity index (χ4v) is 0.425. The summed E-state index contributed by atoms with van der Waals surface area (Å²) >= 11 is 0. The van der Waals surface area contributed by atoms with Crippen LogP contribution in [0.1, 0.15) is 0 Å². The Hall–Kier alpha value is -0.570. The zero-order valence-corrected chi connectivity index (χ0v) is 6.38. The van der Waals surface area contributed by atoms with E-state index in [0.29, 0.717) is 0 Å². The van der Waals surface area contributed by atoms with Gasteiger partial charge in [0.05, 0.1) is 6.61 Å². The van der Waals surface area contributed by atoms with Crippen LogP contribution in [0.2, 0.25) is 0 Å². The maximum atomic E-state index is 12.1. The zero-order valence-electron chi connectivity index (χ0n) is 6.38. The molecule has 0 aromatic carbocycles. The third-order valence-electron chi connectivity index (χ3n) is 1.09. The molecule has 0 spiro atoms. The Morgan fingerprint density at radius 1 is 0.929 bits per heavy atom. The van der Waals surface area contributed by atoms with Crippen molar-refractivity contribution in [2.24, 2.45) is 0 Å². The van der Waals surface area contributed by atoms with E-state index in [0.717, 1.165) is 0 Å². The van der Waals surface area contributed by atoms with Gasteiger partial charge in [-0.2, -0.15) is 30.7 Å². The molecule has 2 nitrogen and oxygen atoms in total. The van der Waals surface area contributed by atoms with Gasteiger partial charge in [0.1, 0.15) is 6.61 Å². The summed E-state index contributed by atoms with van der Waals surface area (Å²) in [6.45, 7) is -2.78. The molecule has 0 aromatic heterocycles. The second-order valence-electron chi connectivity index (χ2n) is 2.14. The van der Waals surface area contributed by atoms with Gasteiger partial charge in [-0.3, -0.25) is 0 Å². The molecule has 0 heterocycles. The van der Waals surface area contributed by atoms with Crippen LogP contribution in [0.25, 0.3) is 0 Å². The molecule has 0 rings (SSSR count). The standard InChI is InChI=1S/C5H4F7O2/c6-3(7,4(8,9)10)5(11,12)14-2-1-13/h1-2H2. The van der Waals surface area contributed by atoms with Crippen molar-refractivity contribution in [3.8, 4) is 0 Å². The molecule has 0 aliphatic rings. The Morgan fingerprint density at radius 3 is 1.64 bits per heavy atom. The minimum absolute atomic E-state index is 1.34. The van der Waals surface area contributed by atoms with E-state index in [4.69, 9.17) is 0 Å². The van der Waals surface area contributed by atoms with Gasteiger partial charge in [-0.1, -0.05) is 0 Å². The van der Waals surface area contributed by atoms with Crippen LogP contribution in [0.4, 0.5) is 30.7 Å². The molecular weight excluding hydrogens is 225 g/mol. The van der Waals surface area contributed by atoms with Gasteiger partial charge >= 0.3 is 18.2 Å². The first-order chi connectivity index (χ1) is 6.06. The molecule has 0 N–H and O–H groups in total. The molecule has 0 aliphatic carbocycles. The van der Waals surface area contributed by atoms with E-state index in [1.165, 1.54) is 0 Å². The molecule has 0 aromatic rings. The summed E-state index contributed by atoms with van der Waals surface area (Å²) in [5.41, 5.74) is 0. The summed E-state index contributed by atoms with van der Waals surface area (Å²) in [5.74, 6) is -6.31. The van der Waals surface area contributed by atoms with Crippen LogP contribution in [0, 0.1) is 0 Å². The third kappa shape index (κ3) is 2.47. The summed E-state index contributed by atoms with van der Waals surface area (Å²) in [6, 6.07) is 0. The minimum atomic E-state index is -6.43. The lowest BCUT2D eigenvalue weighted by Gasteiger charge is -2.27. The van der Waals surface area contributed by atoms with Crippen LogP contribution in [0.5, 0.6) is 0 Å². The van der Waals surface area contributed by atoms with Gasteiger partial charge in [-0.05, 0) is 0 Å². The second-order valence-corrected chi connectivity index (χ2v) is 2.14. The van der Waals surface area contributed by atoms with Gasteiger partial charge in [0.15, 0.2) is 0 Å². The summed E-state index contributed by atoms with van der Waals surface area (Å²) in [5, 5.41) is 9.57. The lowest BCUT2D eigenvalue weighted by molar-refractivity contribution is -0.424. The Labute approximate surface area is 73.3 Å². The summed E-state index contributed by atoms with van der Waals surface area (Å²) < 4.78 is 84.9. The van der Waals surface area contributed by atoms with Crippen molar-refractivity contribution in [2.45, 2.75) is 18.2 Å². The quantitative estimate of drug-likeness (QED) is 0.679. The van der Waals surface area contributed by atoms with Crippen molar-refractivity contribution in [3.05, 3.63) is 0 Å². The first-order valence-electron chi connectivity index (χ1n) is 3.10. The third-order valence-corrected chi connectivity index (χ3v) is 1.09. The fourth-order valence-electron chi connectivity index (χ4n) is 0.425. The Balaban J connectivity index is 4.69. The topological polar surface area (TPSA) is 29.1 Å². The minimum Gasteiger partial charge on any atom is -0.313 e. The van der Waals surface area contributed by atoms with Gasteiger partial charge in [0.2, 0.25) is 0 Å². The average molecular weight is 229 g/mol. The van der Waals surface area contributed by atoms with Crippen molar-refractivity contribution in [1.29, 1.82) is 0 Å². The summed E-state index contributed by atoms with van der Waals surface area (Å²) in [7, 11) is 0. The van der Waals surface area contributed by atoms with Crippen LogP contribution in [0.15, 0.2) is 0 Å². The molecule has 85 valence electrons. The molecule has 0 saturated carbocycles. The van der Waals surface area contributed by atoms with Gasteiger partial charge in [-0.15, -0.1) is 0 Å². The summed E-state index contributed by atoms with van der Waals surface area (Å²) in [6.07, 6.45) is -12.2. The van der Waals surface area contributed by atoms with Crippen LogP contribution >= 0.6 is 0 Å². The van der Waals surface area contributed by atoms with Crippen molar-refractivity contribution >= 4 is 0 Å². The maximum Gasteiger partial charge on any atom is 0.462 e. The van der Waals surface area contributed by atoms with Crippen molar-refractivity contribution < 1.29 is 40.6 Å². The van der Waals surface area contributed by atoms with Gasteiger partial charge in [0, 0.05) is 0 Å². The van der Waals surface area contributed by atoms with Crippen LogP contribution < -0.4 is 0 Å². The highest BCUT2D eigenvalue weighted by Gasteiger charge is 2.74. The fraction of sp³-hybridized carbons (Fsp3) is 1.00. The van der Waals surface area contributed by atoms with E-state index in [9.17, 15) is 35.8 Å². The lowest BCUT2D eigenvalue weighted by Crippen LogP contribution is -2.53. The van der Waals surface area contributed by atoms with E-state index in [1.807, 2.05) is 0 Å². The van der Waals surface area contributed by atoms with Crippen molar-refractivity contribution in [3.63, 3.8) is 0 Å². The predicted molar refractivity (Wildman–Crippen MR) is 27.5 cm³/mol. The maximum absolute atomic E-state index is 12.1.